The molecule has 0 aromatic heterocycles. The largest absolute Gasteiger partial charge is 0.435 e. The smallest absolute Gasteiger partial charge is 0.322 e. The van der Waals surface area contributed by atoms with Crippen LogP contribution in [0.2, 0.25) is 0 Å². The van der Waals surface area contributed by atoms with E-state index in [1.165, 1.54) is 12.1 Å². The van der Waals surface area contributed by atoms with Crippen molar-refractivity contribution in [3.8, 4) is 0 Å². The normalized spacial score (nSPS) is 12.8. The molecule has 0 aliphatic rings. The molecule has 0 aliphatic heterocycles. The minimum atomic E-state index is -6.23. The predicted octanol–water partition coefficient (Wildman–Crippen LogP) is 5.37. The number of rotatable bonds is 3. The lowest BCUT2D eigenvalue weighted by Gasteiger charge is -2.30. The molecule has 26 heavy (non-hydrogen) atoms. The van der Waals surface area contributed by atoms with Crippen molar-refractivity contribution in [1.29, 1.82) is 0 Å². The van der Waals surface area contributed by atoms with Crippen molar-refractivity contribution in [2.45, 2.75) is 18.0 Å². The van der Waals surface area contributed by atoms with Crippen LogP contribution in [0.4, 0.5) is 40.8 Å². The average Bonchev–Trinajstić information content (AvgIpc) is 2.53. The van der Waals surface area contributed by atoms with Crippen molar-refractivity contribution in [3.63, 3.8) is 0 Å². The van der Waals surface area contributed by atoms with Gasteiger partial charge in [-0.3, -0.25) is 4.79 Å². The number of nitrogens with one attached hydrogen (secondary N) is 1. The Hall–Kier alpha value is -2.65. The third-order valence-corrected chi connectivity index (χ3v) is 3.44. The lowest BCUT2D eigenvalue weighted by Crippen LogP contribution is -2.50. The van der Waals surface area contributed by atoms with E-state index in [2.05, 4.69) is 5.32 Å². The first-order chi connectivity index (χ1) is 11.9. The molecule has 0 bridgehead atoms. The van der Waals surface area contributed by atoms with Gasteiger partial charge >= 0.3 is 18.0 Å². The molecule has 2 nitrogen and oxygen atoms in total. The van der Waals surface area contributed by atoms with Crippen LogP contribution in [-0.4, -0.2) is 18.3 Å². The Kier molecular flexibility index (Phi) is 4.98. The minimum absolute atomic E-state index is 0.242. The van der Waals surface area contributed by atoms with E-state index in [9.17, 15) is 39.9 Å². The van der Waals surface area contributed by atoms with E-state index >= 15 is 0 Å². The van der Waals surface area contributed by atoms with E-state index in [-0.39, 0.29) is 23.4 Å². The number of carbonyl (C=O) groups is 1. The van der Waals surface area contributed by atoms with E-state index in [4.69, 9.17) is 0 Å². The number of hydrogen-bond donors (Lipinski definition) is 1. The maximum atomic E-state index is 13.9. The summed E-state index contributed by atoms with van der Waals surface area (Å²) in [5, 5.41) is 2.09. The van der Waals surface area contributed by atoms with E-state index in [0.717, 1.165) is 12.1 Å². The second-order valence-corrected chi connectivity index (χ2v) is 5.17. The summed E-state index contributed by atoms with van der Waals surface area (Å²) in [6.07, 6.45) is -12.5. The maximum Gasteiger partial charge on any atom is 0.435 e. The Morgan fingerprint density at radius 3 is 1.73 bits per heavy atom. The van der Waals surface area contributed by atoms with Crippen molar-refractivity contribution in [1.82, 2.24) is 0 Å². The molecular weight excluding hydrogens is 374 g/mol. The molecule has 0 spiro atoms. The van der Waals surface area contributed by atoms with Gasteiger partial charge in [0.25, 0.3) is 5.91 Å². The summed E-state index contributed by atoms with van der Waals surface area (Å²) < 4.78 is 103. The molecule has 1 amide bonds. The molecule has 0 aliphatic carbocycles. The van der Waals surface area contributed by atoms with Crippen molar-refractivity contribution in [3.05, 3.63) is 65.5 Å². The summed E-state index contributed by atoms with van der Waals surface area (Å²) in [4.78, 5) is 11.9. The highest BCUT2D eigenvalue weighted by Gasteiger charge is 2.73. The molecule has 0 saturated carbocycles. The van der Waals surface area contributed by atoms with Gasteiger partial charge in [-0.2, -0.15) is 26.3 Å². The summed E-state index contributed by atoms with van der Waals surface area (Å²) in [6.45, 7) is 0. The molecular formula is C16H9F8NO. The van der Waals surface area contributed by atoms with Crippen LogP contribution in [0.5, 0.6) is 0 Å². The molecule has 2 aromatic carbocycles. The Balaban J connectivity index is 2.30. The summed E-state index contributed by atoms with van der Waals surface area (Å²) in [5.74, 6) is -1.85. The van der Waals surface area contributed by atoms with Gasteiger partial charge in [0.05, 0.1) is 5.56 Å². The van der Waals surface area contributed by atoms with Gasteiger partial charge in [0, 0.05) is 11.3 Å². The standard InChI is InChI=1S/C16H9F8NO/c17-12-4-2-1-3-11(12)13(26)25-10-7-5-9(6-8-10)14(18,15(19,20)21)16(22,23)24/h1-8H,(H,25,26). The molecule has 0 heterocycles. The van der Waals surface area contributed by atoms with Gasteiger partial charge < -0.3 is 5.32 Å². The first-order valence-corrected chi connectivity index (χ1v) is 6.86. The average molecular weight is 383 g/mol. The number of hydrogen-bond acceptors (Lipinski definition) is 1. The van der Waals surface area contributed by atoms with E-state index in [0.29, 0.717) is 12.1 Å². The van der Waals surface area contributed by atoms with Crippen LogP contribution in [0.1, 0.15) is 15.9 Å². The van der Waals surface area contributed by atoms with Crippen LogP contribution >= 0.6 is 0 Å². The number of amides is 1. The third-order valence-electron chi connectivity index (χ3n) is 3.44. The van der Waals surface area contributed by atoms with Crippen LogP contribution in [-0.2, 0) is 5.67 Å². The van der Waals surface area contributed by atoms with Gasteiger partial charge in [-0.15, -0.1) is 0 Å². The Morgan fingerprint density at radius 1 is 0.769 bits per heavy atom. The zero-order valence-electron chi connectivity index (χ0n) is 12.6. The second kappa shape index (κ2) is 6.58. The molecule has 0 unspecified atom stereocenters. The van der Waals surface area contributed by atoms with E-state index in [1.807, 2.05) is 0 Å². The third kappa shape index (κ3) is 3.49. The summed E-state index contributed by atoms with van der Waals surface area (Å²) >= 11 is 0. The highest BCUT2D eigenvalue weighted by atomic mass is 19.4. The van der Waals surface area contributed by atoms with Crippen LogP contribution in [0.25, 0.3) is 0 Å². The predicted molar refractivity (Wildman–Crippen MR) is 75.7 cm³/mol. The summed E-state index contributed by atoms with van der Waals surface area (Å²) in [6, 6.07) is 6.58. The number of alkyl halides is 7. The van der Waals surface area contributed by atoms with Gasteiger partial charge in [-0.05, 0) is 24.3 Å². The fourth-order valence-electron chi connectivity index (χ4n) is 2.12. The summed E-state index contributed by atoms with van der Waals surface area (Å²) in [5.41, 5.74) is -7.88. The second-order valence-electron chi connectivity index (χ2n) is 5.17. The first kappa shape index (κ1) is 19.7. The van der Waals surface area contributed by atoms with E-state index < -0.39 is 35.3 Å². The SMILES string of the molecule is O=C(Nc1ccc(C(F)(C(F)(F)F)C(F)(F)F)cc1)c1ccccc1F. The fraction of sp³-hybridized carbons (Fsp3) is 0.188. The molecule has 140 valence electrons. The van der Waals surface area contributed by atoms with Gasteiger partial charge in [-0.1, -0.05) is 24.3 Å². The highest BCUT2D eigenvalue weighted by molar-refractivity contribution is 6.04. The molecule has 0 fully saturated rings. The minimum Gasteiger partial charge on any atom is -0.322 e. The van der Waals surface area contributed by atoms with Crippen molar-refractivity contribution < 1.29 is 39.9 Å². The van der Waals surface area contributed by atoms with Gasteiger partial charge in [0.2, 0.25) is 0 Å². The number of carbonyl (C=O) groups excluding carboxylic acids is 1. The Morgan fingerprint density at radius 2 is 1.27 bits per heavy atom. The van der Waals surface area contributed by atoms with Crippen molar-refractivity contribution >= 4 is 11.6 Å². The summed E-state index contributed by atoms with van der Waals surface area (Å²) in [7, 11) is 0. The molecule has 2 rings (SSSR count). The zero-order chi connectivity index (χ0) is 19.8. The Bertz CT molecular complexity index is 781. The monoisotopic (exact) mass is 383 g/mol. The van der Waals surface area contributed by atoms with Gasteiger partial charge in [-0.25, -0.2) is 8.78 Å². The van der Waals surface area contributed by atoms with E-state index in [1.54, 1.807) is 0 Å². The molecule has 10 heteroatoms. The lowest BCUT2D eigenvalue weighted by atomic mass is 9.94. The lowest BCUT2D eigenvalue weighted by molar-refractivity contribution is -0.348. The van der Waals surface area contributed by atoms with Crippen molar-refractivity contribution in [2.75, 3.05) is 5.32 Å². The molecule has 1 N–H and O–H groups in total. The zero-order valence-corrected chi connectivity index (χ0v) is 12.6. The Labute approximate surface area is 141 Å². The molecule has 0 radical (unpaired) electrons. The van der Waals surface area contributed by atoms with Crippen molar-refractivity contribution in [2.24, 2.45) is 0 Å². The number of benzene rings is 2. The van der Waals surface area contributed by atoms with Gasteiger partial charge in [0.1, 0.15) is 5.82 Å². The topological polar surface area (TPSA) is 29.1 Å². The quantitative estimate of drug-likeness (QED) is 0.710. The van der Waals surface area contributed by atoms with Crippen LogP contribution in [0.15, 0.2) is 48.5 Å². The van der Waals surface area contributed by atoms with Crippen LogP contribution in [0, 0.1) is 5.82 Å². The number of halogens is 8. The van der Waals surface area contributed by atoms with Crippen LogP contribution < -0.4 is 5.32 Å². The molecule has 2 aromatic rings. The van der Waals surface area contributed by atoms with Gasteiger partial charge in [0.15, 0.2) is 0 Å². The molecule has 0 saturated heterocycles. The number of anilines is 1. The highest BCUT2D eigenvalue weighted by Crippen LogP contribution is 2.53. The maximum absolute atomic E-state index is 13.9. The first-order valence-electron chi connectivity index (χ1n) is 6.86. The molecule has 0 atom stereocenters. The van der Waals surface area contributed by atoms with Crippen LogP contribution in [0.3, 0.4) is 0 Å². The fourth-order valence-corrected chi connectivity index (χ4v) is 2.12.